The van der Waals surface area contributed by atoms with Gasteiger partial charge < -0.3 is 10.6 Å². The molecule has 0 aromatic carbocycles. The molecule has 0 bridgehead atoms. The number of hydrogen-bond donors (Lipinski definition) is 1. The summed E-state index contributed by atoms with van der Waals surface area (Å²) < 4.78 is 0. The van der Waals surface area contributed by atoms with Crippen LogP contribution in [0.4, 0.5) is 0 Å². The van der Waals surface area contributed by atoms with Gasteiger partial charge in [0.05, 0.1) is 6.54 Å². The second-order valence-corrected chi connectivity index (χ2v) is 5.69. The first-order valence-electron chi connectivity index (χ1n) is 6.11. The molecule has 6 heteroatoms. The normalized spacial score (nSPS) is 20.7. The topological polar surface area (TPSA) is 54.5 Å². The standard InChI is InChI=1S/C12H20N4S.HI/c1-9-4-3-5-16(7-9)12(13)14-6-11-15-10(2)8-17-11;/h8-9H,3-7H2,1-2H3,(H2,13,14);1H. The highest BCUT2D eigenvalue weighted by Gasteiger charge is 2.17. The van der Waals surface area contributed by atoms with Crippen molar-refractivity contribution in [3.63, 3.8) is 0 Å². The molecular formula is C12H21IN4S. The Kier molecular flexibility index (Phi) is 6.34. The Morgan fingerprint density at radius 1 is 1.67 bits per heavy atom. The molecule has 1 aliphatic heterocycles. The van der Waals surface area contributed by atoms with Crippen LogP contribution in [0.3, 0.4) is 0 Å². The molecule has 1 saturated heterocycles. The third-order valence-corrected chi connectivity index (χ3v) is 3.98. The molecule has 102 valence electrons. The van der Waals surface area contributed by atoms with Crippen molar-refractivity contribution in [1.29, 1.82) is 0 Å². The van der Waals surface area contributed by atoms with Gasteiger partial charge in [0.15, 0.2) is 5.96 Å². The van der Waals surface area contributed by atoms with E-state index in [9.17, 15) is 0 Å². The molecule has 0 aliphatic carbocycles. The third kappa shape index (κ3) is 4.38. The lowest BCUT2D eigenvalue weighted by molar-refractivity contribution is 0.270. The fourth-order valence-corrected chi connectivity index (χ4v) is 2.82. The molecule has 1 aromatic heterocycles. The highest BCUT2D eigenvalue weighted by atomic mass is 127. The third-order valence-electron chi connectivity index (χ3n) is 3.02. The summed E-state index contributed by atoms with van der Waals surface area (Å²) in [6.07, 6.45) is 2.52. The van der Waals surface area contributed by atoms with Crippen molar-refractivity contribution < 1.29 is 0 Å². The van der Waals surface area contributed by atoms with E-state index in [4.69, 9.17) is 5.73 Å². The number of aryl methyl sites for hydroxylation is 1. The van der Waals surface area contributed by atoms with Crippen molar-refractivity contribution in [3.8, 4) is 0 Å². The van der Waals surface area contributed by atoms with Gasteiger partial charge in [0.1, 0.15) is 5.01 Å². The number of aliphatic imine (C=N–C) groups is 1. The van der Waals surface area contributed by atoms with Gasteiger partial charge in [0.25, 0.3) is 0 Å². The molecule has 0 spiro atoms. The van der Waals surface area contributed by atoms with Crippen molar-refractivity contribution in [3.05, 3.63) is 16.1 Å². The predicted octanol–water partition coefficient (Wildman–Crippen LogP) is 2.62. The van der Waals surface area contributed by atoms with Crippen LogP contribution < -0.4 is 5.73 Å². The molecular weight excluding hydrogens is 359 g/mol. The summed E-state index contributed by atoms with van der Waals surface area (Å²) in [5.41, 5.74) is 7.08. The SMILES string of the molecule is Cc1csc(CN=C(N)N2CCCC(C)C2)n1.I. The van der Waals surface area contributed by atoms with Gasteiger partial charge in [-0.3, -0.25) is 0 Å². The van der Waals surface area contributed by atoms with Crippen LogP contribution in [-0.4, -0.2) is 28.9 Å². The van der Waals surface area contributed by atoms with Gasteiger partial charge in [-0.25, -0.2) is 9.98 Å². The number of rotatable bonds is 2. The van der Waals surface area contributed by atoms with Gasteiger partial charge in [-0.1, -0.05) is 6.92 Å². The Balaban J connectivity index is 0.00000162. The number of piperidine rings is 1. The Labute approximate surface area is 130 Å². The van der Waals surface area contributed by atoms with E-state index in [2.05, 4.69) is 21.8 Å². The second kappa shape index (κ2) is 7.28. The largest absolute Gasteiger partial charge is 0.370 e. The highest BCUT2D eigenvalue weighted by molar-refractivity contribution is 14.0. The predicted molar refractivity (Wildman–Crippen MR) is 87.6 cm³/mol. The summed E-state index contributed by atoms with van der Waals surface area (Å²) in [7, 11) is 0. The molecule has 0 saturated carbocycles. The first-order valence-corrected chi connectivity index (χ1v) is 6.99. The zero-order valence-electron chi connectivity index (χ0n) is 10.9. The molecule has 0 radical (unpaired) electrons. The second-order valence-electron chi connectivity index (χ2n) is 4.75. The Morgan fingerprint density at radius 3 is 3.06 bits per heavy atom. The summed E-state index contributed by atoms with van der Waals surface area (Å²) in [6.45, 7) is 6.95. The van der Waals surface area contributed by atoms with Crippen molar-refractivity contribution in [2.45, 2.75) is 33.2 Å². The van der Waals surface area contributed by atoms with Crippen molar-refractivity contribution in [2.24, 2.45) is 16.6 Å². The van der Waals surface area contributed by atoms with E-state index in [1.807, 2.05) is 12.3 Å². The Bertz CT molecular complexity index is 405. The number of nitrogens with two attached hydrogens (primary N) is 1. The number of nitrogens with zero attached hydrogens (tertiary/aromatic N) is 3. The van der Waals surface area contributed by atoms with E-state index in [1.165, 1.54) is 12.8 Å². The lowest BCUT2D eigenvalue weighted by atomic mass is 10.0. The summed E-state index contributed by atoms with van der Waals surface area (Å²) in [5, 5.41) is 3.08. The van der Waals surface area contributed by atoms with Crippen LogP contribution in [0.25, 0.3) is 0 Å². The van der Waals surface area contributed by atoms with Crippen LogP contribution in [0.1, 0.15) is 30.5 Å². The first-order chi connectivity index (χ1) is 8.15. The Hall–Kier alpha value is -0.370. The summed E-state index contributed by atoms with van der Waals surface area (Å²) >= 11 is 1.65. The molecule has 1 aliphatic rings. The molecule has 1 fully saturated rings. The minimum atomic E-state index is 0. The average molecular weight is 380 g/mol. The zero-order valence-corrected chi connectivity index (χ0v) is 14.1. The molecule has 2 N–H and O–H groups in total. The van der Waals surface area contributed by atoms with E-state index in [0.717, 1.165) is 29.7 Å². The van der Waals surface area contributed by atoms with Crippen molar-refractivity contribution in [2.75, 3.05) is 13.1 Å². The van der Waals surface area contributed by atoms with E-state index < -0.39 is 0 Å². The fourth-order valence-electron chi connectivity index (χ4n) is 2.12. The van der Waals surface area contributed by atoms with Gasteiger partial charge in [-0.15, -0.1) is 35.3 Å². The van der Waals surface area contributed by atoms with Crippen LogP contribution in [-0.2, 0) is 6.54 Å². The molecule has 1 atom stereocenters. The summed E-state index contributed by atoms with van der Waals surface area (Å²) in [5.74, 6) is 1.39. The minimum absolute atomic E-state index is 0. The summed E-state index contributed by atoms with van der Waals surface area (Å²) in [6, 6.07) is 0. The maximum absolute atomic E-state index is 6.02. The van der Waals surface area contributed by atoms with Gasteiger partial charge >= 0.3 is 0 Å². The number of aromatic nitrogens is 1. The lowest BCUT2D eigenvalue weighted by Crippen LogP contribution is -2.43. The van der Waals surface area contributed by atoms with Crippen molar-refractivity contribution >= 4 is 41.3 Å². The van der Waals surface area contributed by atoms with Gasteiger partial charge in [-0.05, 0) is 25.7 Å². The molecule has 1 unspecified atom stereocenters. The average Bonchev–Trinajstić information content (AvgIpc) is 2.72. The van der Waals surface area contributed by atoms with Crippen LogP contribution in [0.2, 0.25) is 0 Å². The maximum Gasteiger partial charge on any atom is 0.191 e. The quantitative estimate of drug-likeness (QED) is 0.488. The van der Waals surface area contributed by atoms with Gasteiger partial charge in [0, 0.05) is 24.2 Å². The molecule has 2 heterocycles. The Morgan fingerprint density at radius 2 is 2.44 bits per heavy atom. The zero-order chi connectivity index (χ0) is 12.3. The summed E-state index contributed by atoms with van der Waals surface area (Å²) in [4.78, 5) is 11.0. The molecule has 0 amide bonds. The lowest BCUT2D eigenvalue weighted by Gasteiger charge is -2.31. The van der Waals surface area contributed by atoms with E-state index in [-0.39, 0.29) is 24.0 Å². The number of hydrogen-bond acceptors (Lipinski definition) is 3. The molecule has 1 aromatic rings. The molecule has 4 nitrogen and oxygen atoms in total. The van der Waals surface area contributed by atoms with E-state index >= 15 is 0 Å². The van der Waals surface area contributed by atoms with Gasteiger partial charge in [0.2, 0.25) is 0 Å². The number of likely N-dealkylation sites (tertiary alicyclic amines) is 1. The minimum Gasteiger partial charge on any atom is -0.370 e. The first kappa shape index (κ1) is 15.7. The smallest absolute Gasteiger partial charge is 0.191 e. The molecule has 2 rings (SSSR count). The van der Waals surface area contributed by atoms with Crippen LogP contribution >= 0.6 is 35.3 Å². The molecule has 18 heavy (non-hydrogen) atoms. The maximum atomic E-state index is 6.02. The van der Waals surface area contributed by atoms with Crippen LogP contribution in [0.15, 0.2) is 10.4 Å². The van der Waals surface area contributed by atoms with Crippen LogP contribution in [0.5, 0.6) is 0 Å². The van der Waals surface area contributed by atoms with E-state index in [0.29, 0.717) is 12.5 Å². The fraction of sp³-hybridized carbons (Fsp3) is 0.667. The monoisotopic (exact) mass is 380 g/mol. The van der Waals surface area contributed by atoms with Crippen LogP contribution in [0, 0.1) is 12.8 Å². The highest BCUT2D eigenvalue weighted by Crippen LogP contribution is 2.15. The number of guanidine groups is 1. The number of thiazole rings is 1. The van der Waals surface area contributed by atoms with E-state index in [1.54, 1.807) is 11.3 Å². The number of halogens is 1. The van der Waals surface area contributed by atoms with Gasteiger partial charge in [-0.2, -0.15) is 0 Å². The van der Waals surface area contributed by atoms with Crippen molar-refractivity contribution in [1.82, 2.24) is 9.88 Å².